The topological polar surface area (TPSA) is 41.6 Å². The molecule has 1 N–H and O–H groups in total. The average molecular weight is 238 g/mol. The summed E-state index contributed by atoms with van der Waals surface area (Å²) in [6, 6.07) is 0.0300. The van der Waals surface area contributed by atoms with E-state index < -0.39 is 5.60 Å². The molecule has 2 atom stereocenters. The summed E-state index contributed by atoms with van der Waals surface area (Å²) in [4.78, 5) is 13.6. The molecule has 4 heteroatoms. The fourth-order valence-corrected chi connectivity index (χ4v) is 2.01. The number of nitrogens with one attached hydrogen (secondary N) is 1. The minimum atomic E-state index is -0.441. The Morgan fingerprint density at radius 3 is 2.71 bits per heavy atom. The van der Waals surface area contributed by atoms with Crippen LogP contribution in [0.25, 0.3) is 0 Å². The number of terminal acetylenes is 1. The van der Waals surface area contributed by atoms with E-state index >= 15 is 0 Å². The Morgan fingerprint density at radius 1 is 1.59 bits per heavy atom. The van der Waals surface area contributed by atoms with Gasteiger partial charge in [-0.1, -0.05) is 5.92 Å². The number of amides is 1. The fraction of sp³-hybridized carbons (Fsp3) is 0.769. The molecule has 0 aliphatic carbocycles. The number of carbonyl (C=O) groups is 1. The van der Waals surface area contributed by atoms with Crippen LogP contribution < -0.4 is 5.32 Å². The van der Waals surface area contributed by atoms with E-state index in [1.54, 1.807) is 4.90 Å². The molecule has 1 aliphatic rings. The van der Waals surface area contributed by atoms with E-state index in [1.165, 1.54) is 0 Å². The van der Waals surface area contributed by atoms with Crippen molar-refractivity contribution in [2.45, 2.75) is 38.8 Å². The lowest BCUT2D eigenvalue weighted by Crippen LogP contribution is -2.38. The molecule has 2 unspecified atom stereocenters. The second kappa shape index (κ2) is 5.42. The summed E-state index contributed by atoms with van der Waals surface area (Å²) in [6.07, 6.45) is 6.12. The van der Waals surface area contributed by atoms with Gasteiger partial charge in [0.15, 0.2) is 0 Å². The third-order valence-electron chi connectivity index (χ3n) is 2.84. The van der Waals surface area contributed by atoms with Gasteiger partial charge in [0, 0.05) is 19.0 Å². The van der Waals surface area contributed by atoms with E-state index in [9.17, 15) is 4.79 Å². The molecule has 96 valence electrons. The molecular formula is C13H22N2O2. The zero-order chi connectivity index (χ0) is 13.1. The molecule has 0 aromatic carbocycles. The number of carbonyl (C=O) groups excluding carboxylic acids is 1. The zero-order valence-electron chi connectivity index (χ0n) is 11.1. The van der Waals surface area contributed by atoms with Gasteiger partial charge in [0.1, 0.15) is 5.60 Å². The summed E-state index contributed by atoms with van der Waals surface area (Å²) < 4.78 is 5.33. The van der Waals surface area contributed by atoms with Gasteiger partial charge in [0.2, 0.25) is 0 Å². The van der Waals surface area contributed by atoms with E-state index in [2.05, 4.69) is 11.2 Å². The summed E-state index contributed by atoms with van der Waals surface area (Å²) in [5, 5.41) is 3.09. The van der Waals surface area contributed by atoms with Gasteiger partial charge < -0.3 is 15.0 Å². The van der Waals surface area contributed by atoms with Crippen molar-refractivity contribution in [1.82, 2.24) is 10.2 Å². The van der Waals surface area contributed by atoms with Crippen LogP contribution in [0.15, 0.2) is 0 Å². The monoisotopic (exact) mass is 238 g/mol. The van der Waals surface area contributed by atoms with Crippen LogP contribution >= 0.6 is 0 Å². The molecular weight excluding hydrogens is 216 g/mol. The number of nitrogens with zero attached hydrogens (tertiary/aromatic N) is 1. The SMILES string of the molecule is C#CC(NC)C1CCN(C(=O)OC(C)(C)C)C1. The first-order chi connectivity index (χ1) is 7.87. The predicted octanol–water partition coefficient (Wildman–Crippen LogP) is 1.46. The maximum Gasteiger partial charge on any atom is 0.410 e. The van der Waals surface area contributed by atoms with E-state index in [0.29, 0.717) is 12.5 Å². The molecule has 0 aromatic heterocycles. The molecule has 0 aromatic rings. The van der Waals surface area contributed by atoms with Gasteiger partial charge in [-0.2, -0.15) is 0 Å². The van der Waals surface area contributed by atoms with Gasteiger partial charge in [0.05, 0.1) is 6.04 Å². The number of likely N-dealkylation sites (tertiary alicyclic amines) is 1. The molecule has 1 saturated heterocycles. The van der Waals surface area contributed by atoms with Crippen LogP contribution in [0.5, 0.6) is 0 Å². The molecule has 4 nitrogen and oxygen atoms in total. The number of hydrogen-bond donors (Lipinski definition) is 1. The third-order valence-corrected chi connectivity index (χ3v) is 2.84. The quantitative estimate of drug-likeness (QED) is 0.741. The van der Waals surface area contributed by atoms with Crippen LogP contribution in [0.3, 0.4) is 0 Å². The molecule has 1 rings (SSSR count). The highest BCUT2D eigenvalue weighted by atomic mass is 16.6. The molecule has 0 saturated carbocycles. The Kier molecular flexibility index (Phi) is 4.41. The fourth-order valence-electron chi connectivity index (χ4n) is 2.01. The van der Waals surface area contributed by atoms with Crippen molar-refractivity contribution in [3.8, 4) is 12.3 Å². The summed E-state index contributed by atoms with van der Waals surface area (Å²) in [6.45, 7) is 7.01. The molecule has 1 heterocycles. The Labute approximate surface area is 104 Å². The predicted molar refractivity (Wildman–Crippen MR) is 67.6 cm³/mol. The van der Waals surface area contributed by atoms with Crippen LogP contribution in [0.4, 0.5) is 4.79 Å². The third kappa shape index (κ3) is 3.94. The molecule has 0 spiro atoms. The molecule has 0 radical (unpaired) electrons. The molecule has 1 aliphatic heterocycles. The van der Waals surface area contributed by atoms with Crippen molar-refractivity contribution in [3.05, 3.63) is 0 Å². The van der Waals surface area contributed by atoms with Crippen molar-refractivity contribution < 1.29 is 9.53 Å². The lowest BCUT2D eigenvalue weighted by atomic mass is 10.00. The largest absolute Gasteiger partial charge is 0.444 e. The summed E-state index contributed by atoms with van der Waals surface area (Å²) in [5.41, 5.74) is -0.441. The Hall–Kier alpha value is -1.21. The standard InChI is InChI=1S/C13H22N2O2/c1-6-11(14-5)10-7-8-15(9-10)12(16)17-13(2,3)4/h1,10-11,14H,7-9H2,2-5H3. The minimum absolute atomic E-state index is 0.0300. The first-order valence-electron chi connectivity index (χ1n) is 5.98. The van der Waals surface area contributed by atoms with E-state index in [0.717, 1.165) is 13.0 Å². The maximum absolute atomic E-state index is 11.8. The van der Waals surface area contributed by atoms with Gasteiger partial charge in [0.25, 0.3) is 0 Å². The number of ether oxygens (including phenoxy) is 1. The van der Waals surface area contributed by atoms with Gasteiger partial charge in [-0.3, -0.25) is 0 Å². The summed E-state index contributed by atoms with van der Waals surface area (Å²) in [7, 11) is 1.85. The highest BCUT2D eigenvalue weighted by Crippen LogP contribution is 2.21. The van der Waals surface area contributed by atoms with Crippen molar-refractivity contribution in [3.63, 3.8) is 0 Å². The van der Waals surface area contributed by atoms with Gasteiger partial charge in [-0.25, -0.2) is 4.79 Å². The van der Waals surface area contributed by atoms with Crippen LogP contribution in [-0.2, 0) is 4.74 Å². The van der Waals surface area contributed by atoms with Crippen molar-refractivity contribution in [2.24, 2.45) is 5.92 Å². The smallest absolute Gasteiger partial charge is 0.410 e. The Balaban J connectivity index is 2.51. The van der Waals surface area contributed by atoms with Crippen LogP contribution in [0.2, 0.25) is 0 Å². The van der Waals surface area contributed by atoms with Gasteiger partial charge >= 0.3 is 6.09 Å². The second-order valence-corrected chi connectivity index (χ2v) is 5.41. The van der Waals surface area contributed by atoms with Crippen molar-refractivity contribution >= 4 is 6.09 Å². The van der Waals surface area contributed by atoms with Crippen LogP contribution in [0.1, 0.15) is 27.2 Å². The Bertz CT molecular complexity index is 314. The van der Waals surface area contributed by atoms with Gasteiger partial charge in [-0.05, 0) is 34.2 Å². The zero-order valence-corrected chi connectivity index (χ0v) is 11.1. The molecule has 1 amide bonds. The van der Waals surface area contributed by atoms with Crippen LogP contribution in [-0.4, -0.2) is 42.8 Å². The Morgan fingerprint density at radius 2 is 2.24 bits per heavy atom. The van der Waals surface area contributed by atoms with E-state index in [-0.39, 0.29) is 12.1 Å². The molecule has 17 heavy (non-hydrogen) atoms. The lowest BCUT2D eigenvalue weighted by Gasteiger charge is -2.25. The van der Waals surface area contributed by atoms with Crippen molar-refractivity contribution in [1.29, 1.82) is 0 Å². The highest BCUT2D eigenvalue weighted by Gasteiger charge is 2.32. The van der Waals surface area contributed by atoms with Crippen molar-refractivity contribution in [2.75, 3.05) is 20.1 Å². The summed E-state index contributed by atoms with van der Waals surface area (Å²) in [5.74, 6) is 3.03. The average Bonchev–Trinajstić information content (AvgIpc) is 2.66. The first kappa shape index (κ1) is 13.9. The van der Waals surface area contributed by atoms with E-state index in [4.69, 9.17) is 11.2 Å². The van der Waals surface area contributed by atoms with Gasteiger partial charge in [-0.15, -0.1) is 6.42 Å². The number of hydrogen-bond acceptors (Lipinski definition) is 3. The first-order valence-corrected chi connectivity index (χ1v) is 5.98. The number of rotatable bonds is 2. The highest BCUT2D eigenvalue weighted by molar-refractivity contribution is 5.68. The minimum Gasteiger partial charge on any atom is -0.444 e. The lowest BCUT2D eigenvalue weighted by molar-refractivity contribution is 0.0287. The molecule has 1 fully saturated rings. The molecule has 0 bridgehead atoms. The second-order valence-electron chi connectivity index (χ2n) is 5.41. The van der Waals surface area contributed by atoms with E-state index in [1.807, 2.05) is 27.8 Å². The maximum atomic E-state index is 11.8. The van der Waals surface area contributed by atoms with Crippen LogP contribution in [0, 0.1) is 18.3 Å². The summed E-state index contributed by atoms with van der Waals surface area (Å²) >= 11 is 0. The normalized spacial score (nSPS) is 22.1.